The first-order chi connectivity index (χ1) is 13.1. The number of benzene rings is 3. The molecule has 0 heterocycles. The summed E-state index contributed by atoms with van der Waals surface area (Å²) in [7, 11) is 0. The summed E-state index contributed by atoms with van der Waals surface area (Å²) in [6.07, 6.45) is 0.128. The lowest BCUT2D eigenvalue weighted by Gasteiger charge is -2.07. The van der Waals surface area contributed by atoms with Gasteiger partial charge in [-0.3, -0.25) is 9.59 Å². The number of carbonyl (C=O) groups is 2. The average molecular weight is 359 g/mol. The molecule has 0 aliphatic heterocycles. The molecule has 0 spiro atoms. The molecule has 2 amide bonds. The van der Waals surface area contributed by atoms with Crippen molar-refractivity contribution in [3.63, 3.8) is 0 Å². The minimum absolute atomic E-state index is 0.128. The van der Waals surface area contributed by atoms with Crippen LogP contribution in [0.5, 0.6) is 0 Å². The third-order valence-corrected chi connectivity index (χ3v) is 4.13. The molecule has 0 aliphatic carbocycles. The number of hydrogen-bond donors (Lipinski definition) is 2. The Bertz CT molecular complexity index is 976. The number of amides is 2. The molecule has 136 valence electrons. The van der Waals surface area contributed by atoms with Crippen LogP contribution >= 0.6 is 0 Å². The molecule has 0 unspecified atom stereocenters. The van der Waals surface area contributed by atoms with Gasteiger partial charge in [0.1, 0.15) is 0 Å². The first kappa shape index (κ1) is 18.3. The number of carbonyl (C=O) groups excluding carboxylic acids is 2. The summed E-state index contributed by atoms with van der Waals surface area (Å²) in [5.74, 6) is -0.435. The van der Waals surface area contributed by atoms with E-state index in [1.54, 1.807) is 13.0 Å². The molecule has 0 aromatic heterocycles. The van der Waals surface area contributed by atoms with Gasteiger partial charge in [0.25, 0.3) is 5.91 Å². The molecule has 0 atom stereocenters. The van der Waals surface area contributed by atoms with Crippen LogP contribution in [0.3, 0.4) is 0 Å². The maximum Gasteiger partial charge on any atom is 0.271 e. The number of hydrazone groups is 1. The van der Waals surface area contributed by atoms with E-state index >= 15 is 0 Å². The number of nitrogens with one attached hydrogen (secondary N) is 2. The minimum Gasteiger partial charge on any atom is -0.352 e. The number of rotatable bonds is 6. The SMILES string of the molecule is CC(CC(=O)NCc1ccccc1)=NNC(=O)c1cccc2ccccc12. The third-order valence-electron chi connectivity index (χ3n) is 4.13. The Morgan fingerprint density at radius 2 is 1.59 bits per heavy atom. The lowest BCUT2D eigenvalue weighted by molar-refractivity contribution is -0.120. The van der Waals surface area contributed by atoms with Crippen molar-refractivity contribution >= 4 is 28.3 Å². The van der Waals surface area contributed by atoms with Gasteiger partial charge in [0.15, 0.2) is 0 Å². The van der Waals surface area contributed by atoms with E-state index in [4.69, 9.17) is 0 Å². The Hall–Kier alpha value is -3.47. The van der Waals surface area contributed by atoms with E-state index in [1.165, 1.54) is 0 Å². The summed E-state index contributed by atoms with van der Waals surface area (Å²) in [6.45, 7) is 2.18. The van der Waals surface area contributed by atoms with E-state index in [-0.39, 0.29) is 18.2 Å². The van der Waals surface area contributed by atoms with Crippen molar-refractivity contribution in [3.8, 4) is 0 Å². The first-order valence-electron chi connectivity index (χ1n) is 8.75. The van der Waals surface area contributed by atoms with E-state index in [1.807, 2.05) is 66.7 Å². The molecule has 3 rings (SSSR count). The van der Waals surface area contributed by atoms with Gasteiger partial charge in [0.05, 0.1) is 6.42 Å². The molecular formula is C22H21N3O2. The fraction of sp³-hybridized carbons (Fsp3) is 0.136. The summed E-state index contributed by atoms with van der Waals surface area (Å²) >= 11 is 0. The average Bonchev–Trinajstić information content (AvgIpc) is 2.71. The van der Waals surface area contributed by atoms with Gasteiger partial charge < -0.3 is 5.32 Å². The van der Waals surface area contributed by atoms with Crippen LogP contribution < -0.4 is 10.7 Å². The summed E-state index contributed by atoms with van der Waals surface area (Å²) < 4.78 is 0. The maximum absolute atomic E-state index is 12.4. The quantitative estimate of drug-likeness (QED) is 0.521. The minimum atomic E-state index is -0.296. The van der Waals surface area contributed by atoms with Gasteiger partial charge in [-0.1, -0.05) is 66.7 Å². The number of nitrogens with zero attached hydrogens (tertiary/aromatic N) is 1. The molecule has 0 aliphatic rings. The van der Waals surface area contributed by atoms with Gasteiger partial charge in [-0.05, 0) is 29.3 Å². The zero-order chi connectivity index (χ0) is 19.1. The normalized spacial score (nSPS) is 11.2. The lowest BCUT2D eigenvalue weighted by Crippen LogP contribution is -2.26. The van der Waals surface area contributed by atoms with E-state index in [2.05, 4.69) is 15.8 Å². The fourth-order valence-corrected chi connectivity index (χ4v) is 2.76. The van der Waals surface area contributed by atoms with Crippen molar-refractivity contribution in [1.82, 2.24) is 10.7 Å². The zero-order valence-electron chi connectivity index (χ0n) is 15.1. The van der Waals surface area contributed by atoms with Crippen molar-refractivity contribution in [2.75, 3.05) is 0 Å². The topological polar surface area (TPSA) is 70.6 Å². The van der Waals surface area contributed by atoms with Gasteiger partial charge in [0.2, 0.25) is 5.91 Å². The summed E-state index contributed by atoms with van der Waals surface area (Å²) in [5.41, 5.74) is 4.66. The Kier molecular flexibility index (Phi) is 5.94. The molecule has 0 saturated heterocycles. The summed E-state index contributed by atoms with van der Waals surface area (Å²) in [5, 5.41) is 8.76. The molecular weight excluding hydrogens is 338 g/mol. The van der Waals surface area contributed by atoms with Crippen molar-refractivity contribution in [1.29, 1.82) is 0 Å². The molecule has 0 radical (unpaired) electrons. The molecule has 5 nitrogen and oxygen atoms in total. The highest BCUT2D eigenvalue weighted by molar-refractivity contribution is 6.07. The van der Waals surface area contributed by atoms with Crippen LogP contribution in [-0.4, -0.2) is 17.5 Å². The second kappa shape index (κ2) is 8.76. The Morgan fingerprint density at radius 3 is 2.41 bits per heavy atom. The van der Waals surface area contributed by atoms with Gasteiger partial charge in [0, 0.05) is 17.8 Å². The van der Waals surface area contributed by atoms with Crippen molar-refractivity contribution in [2.45, 2.75) is 19.9 Å². The summed E-state index contributed by atoms with van der Waals surface area (Å²) in [4.78, 5) is 24.5. The standard InChI is InChI=1S/C22H21N3O2/c1-16(14-21(26)23-15-17-8-3-2-4-9-17)24-25-22(27)20-13-7-11-18-10-5-6-12-19(18)20/h2-13H,14-15H2,1H3,(H,23,26)(H,25,27). The molecule has 2 N–H and O–H groups in total. The van der Waals surface area contributed by atoms with Crippen LogP contribution in [0.15, 0.2) is 77.9 Å². The highest BCUT2D eigenvalue weighted by Gasteiger charge is 2.09. The monoisotopic (exact) mass is 359 g/mol. The zero-order valence-corrected chi connectivity index (χ0v) is 15.1. The second-order valence-electron chi connectivity index (χ2n) is 6.25. The van der Waals surface area contributed by atoms with Crippen LogP contribution in [0, 0.1) is 0 Å². The predicted molar refractivity (Wildman–Crippen MR) is 107 cm³/mol. The third kappa shape index (κ3) is 5.01. The molecule has 3 aromatic rings. The molecule has 5 heteroatoms. The van der Waals surface area contributed by atoms with Gasteiger partial charge >= 0.3 is 0 Å². The van der Waals surface area contributed by atoms with E-state index in [0.717, 1.165) is 16.3 Å². The first-order valence-corrected chi connectivity index (χ1v) is 8.75. The molecule has 0 fully saturated rings. The van der Waals surface area contributed by atoms with Crippen LogP contribution in [0.1, 0.15) is 29.3 Å². The number of fused-ring (bicyclic) bond motifs is 1. The Morgan fingerprint density at radius 1 is 0.889 bits per heavy atom. The van der Waals surface area contributed by atoms with Crippen LogP contribution in [0.2, 0.25) is 0 Å². The lowest BCUT2D eigenvalue weighted by atomic mass is 10.0. The molecule has 3 aromatic carbocycles. The molecule has 27 heavy (non-hydrogen) atoms. The van der Waals surface area contributed by atoms with Crippen LogP contribution in [0.4, 0.5) is 0 Å². The van der Waals surface area contributed by atoms with E-state index < -0.39 is 0 Å². The van der Waals surface area contributed by atoms with Crippen LogP contribution in [0.25, 0.3) is 10.8 Å². The van der Waals surface area contributed by atoms with Crippen molar-refractivity contribution in [2.24, 2.45) is 5.10 Å². The van der Waals surface area contributed by atoms with Crippen molar-refractivity contribution < 1.29 is 9.59 Å². The van der Waals surface area contributed by atoms with Gasteiger partial charge in [-0.15, -0.1) is 0 Å². The van der Waals surface area contributed by atoms with Gasteiger partial charge in [-0.2, -0.15) is 5.10 Å². The molecule has 0 saturated carbocycles. The Labute approximate surface area is 158 Å². The maximum atomic E-state index is 12.4. The van der Waals surface area contributed by atoms with Crippen LogP contribution in [-0.2, 0) is 11.3 Å². The molecule has 0 bridgehead atoms. The smallest absolute Gasteiger partial charge is 0.271 e. The highest BCUT2D eigenvalue weighted by Crippen LogP contribution is 2.18. The largest absolute Gasteiger partial charge is 0.352 e. The Balaban J connectivity index is 1.56. The second-order valence-corrected chi connectivity index (χ2v) is 6.25. The number of hydrogen-bond acceptors (Lipinski definition) is 3. The fourth-order valence-electron chi connectivity index (χ4n) is 2.76. The predicted octanol–water partition coefficient (Wildman–Crippen LogP) is 3.65. The summed E-state index contributed by atoms with van der Waals surface area (Å²) in [6, 6.07) is 22.9. The van der Waals surface area contributed by atoms with E-state index in [0.29, 0.717) is 17.8 Å². The van der Waals surface area contributed by atoms with Gasteiger partial charge in [-0.25, -0.2) is 5.43 Å². The van der Waals surface area contributed by atoms with Crippen molar-refractivity contribution in [3.05, 3.63) is 83.9 Å². The highest BCUT2D eigenvalue weighted by atomic mass is 16.2. The van der Waals surface area contributed by atoms with E-state index in [9.17, 15) is 9.59 Å².